The molecule has 3 nitrogen and oxygen atoms in total. The smallest absolute Gasteiger partial charge is 0.123 e. The zero-order valence-corrected chi connectivity index (χ0v) is 78.4. The van der Waals surface area contributed by atoms with Gasteiger partial charge in [0.15, 0.2) is 0 Å². The van der Waals surface area contributed by atoms with E-state index in [1.165, 1.54) is 144 Å². The number of para-hydroxylation sites is 2. The SMILES string of the molecule is Fc1ccc(N(c2ccc(-c3ccc4cc(-c5ccccc5)ccc4c3)cc2)c2ccc(-c3ccc4cc(-c5ccccc5)ccc4c3)cc2)cc1.[2H]c1c([2H])c([2H])c(N(c2ccc(-c3ccc4cc(-c5ccccc5)ccc4c3)cc2)c2ccc(-c3c(C)cc(C)cc3C)cc2)c([2H])c1[2H].c1ccc(-c2ccc3cc(-c4ccc(N(c5ccccc5)c5ccc(-c6ccccc6)c6ccccc56)cc4)ccc3c2)cc1. The van der Waals surface area contributed by atoms with Gasteiger partial charge in [-0.1, -0.05) is 394 Å². The second-order valence-electron chi connectivity index (χ2n) is 35.9. The van der Waals surface area contributed by atoms with Gasteiger partial charge in [0.25, 0.3) is 0 Å². The minimum atomic E-state index is -0.415. The van der Waals surface area contributed by atoms with E-state index in [4.69, 9.17) is 6.85 Å². The van der Waals surface area contributed by atoms with Gasteiger partial charge in [0.05, 0.1) is 12.5 Å². The van der Waals surface area contributed by atoms with Crippen LogP contribution in [0.3, 0.4) is 0 Å². The molecule has 0 saturated heterocycles. The molecule has 0 unspecified atom stereocenters. The van der Waals surface area contributed by atoms with Gasteiger partial charge in [-0.2, -0.15) is 0 Å². The Hall–Kier alpha value is -18.1. The summed E-state index contributed by atoms with van der Waals surface area (Å²) in [6.45, 7) is 6.32. The van der Waals surface area contributed by atoms with Crippen LogP contribution in [0.25, 0.3) is 165 Å². The molecule has 0 aromatic heterocycles. The molecule has 0 spiro atoms. The lowest BCUT2D eigenvalue weighted by molar-refractivity contribution is 0.628. The van der Waals surface area contributed by atoms with Crippen molar-refractivity contribution in [3.05, 3.63) is 574 Å². The van der Waals surface area contributed by atoms with Gasteiger partial charge in [-0.25, -0.2) is 4.39 Å². The lowest BCUT2D eigenvalue weighted by Crippen LogP contribution is -2.10. The number of rotatable bonds is 19. The maximum absolute atomic E-state index is 14.1. The maximum Gasteiger partial charge on any atom is 0.123 e. The summed E-state index contributed by atoms with van der Waals surface area (Å²) in [5.41, 5.74) is 34.9. The number of hydrogen-bond acceptors (Lipinski definition) is 3. The molecule has 0 heterocycles. The van der Waals surface area contributed by atoms with Gasteiger partial charge in [0, 0.05) is 50.9 Å². The summed E-state index contributed by atoms with van der Waals surface area (Å²) in [4.78, 5) is 6.30. The number of fused-ring (bicyclic) bond motifs is 5. The summed E-state index contributed by atoms with van der Waals surface area (Å²) in [6, 6.07) is 181. The van der Waals surface area contributed by atoms with Crippen molar-refractivity contribution >= 4 is 105 Å². The van der Waals surface area contributed by atoms with Gasteiger partial charge in [-0.3, -0.25) is 0 Å². The first-order valence-corrected chi connectivity index (χ1v) is 47.9. The Balaban J connectivity index is 0.000000125. The van der Waals surface area contributed by atoms with Crippen LogP contribution >= 0.6 is 0 Å². The van der Waals surface area contributed by atoms with Gasteiger partial charge in [0.2, 0.25) is 0 Å². The largest absolute Gasteiger partial charge is 0.311 e. The highest BCUT2D eigenvalue weighted by molar-refractivity contribution is 6.07. The standard InChI is InChI=1S/C50H34FN.C44H31N.C43H35N/c51-47-23-29-50(30-24-47)52(48-25-19-37(20-26-48)41-13-17-43-31-39(11-15-45(43)33-41)35-7-3-1-4-8-35)49-27-21-38(22-28-49)42-14-18-44-32-40(12-16-46(44)34-42)36-9-5-2-6-10-36;1-4-12-32(13-5-1)35-20-22-38-31-36(21-23-37(38)30-35)33-24-26-40(27-25-33)45(39-16-8-3-9-17-39)44-29-28-41(34-14-6-2-7-15-34)42-18-10-11-19-43(42)44;1-30-26-31(2)43(32(3)27-30)35-20-24-42(25-21-35)44(40-12-8-5-9-13-40)41-22-18-34(19-23-41)37-15-17-38-28-36(14-16-39(38)29-37)33-10-6-4-7-11-33/h1-34H;1-31H;4-29H,1-3H3/i;;5D,8D,9D,12D,13D. The van der Waals surface area contributed by atoms with Crippen molar-refractivity contribution in [2.45, 2.75) is 20.8 Å². The van der Waals surface area contributed by atoms with E-state index in [-0.39, 0.29) is 35.7 Å². The lowest BCUT2D eigenvalue weighted by atomic mass is 9.93. The molecule has 0 radical (unpaired) electrons. The summed E-state index contributed by atoms with van der Waals surface area (Å²) in [7, 11) is 0. The van der Waals surface area contributed by atoms with Crippen LogP contribution < -0.4 is 14.7 Å². The van der Waals surface area contributed by atoms with Crippen molar-refractivity contribution in [3.8, 4) is 111 Å². The molecule has 141 heavy (non-hydrogen) atoms. The molecule has 0 aliphatic rings. The third-order valence-corrected chi connectivity index (χ3v) is 26.8. The lowest BCUT2D eigenvalue weighted by Gasteiger charge is -2.27. The summed E-state index contributed by atoms with van der Waals surface area (Å²) in [5, 5.41) is 12.1. The highest BCUT2D eigenvalue weighted by Gasteiger charge is 2.22. The monoisotopic (exact) mass is 1810 g/mol. The van der Waals surface area contributed by atoms with E-state index in [1.54, 1.807) is 4.90 Å². The first kappa shape index (κ1) is 82.4. The molecule has 0 amide bonds. The number of nitrogens with zero attached hydrogens (tertiary/aromatic N) is 3. The number of benzene rings is 24. The van der Waals surface area contributed by atoms with E-state index in [9.17, 15) is 4.39 Å². The van der Waals surface area contributed by atoms with E-state index >= 15 is 0 Å². The topological polar surface area (TPSA) is 9.72 Å². The van der Waals surface area contributed by atoms with Gasteiger partial charge in [0.1, 0.15) is 5.82 Å². The van der Waals surface area contributed by atoms with Crippen molar-refractivity contribution in [3.63, 3.8) is 0 Å². The van der Waals surface area contributed by atoms with E-state index in [0.717, 1.165) is 83.8 Å². The third-order valence-electron chi connectivity index (χ3n) is 26.8. The predicted octanol–water partition coefficient (Wildman–Crippen LogP) is 39.0. The fraction of sp³-hybridized carbons (Fsp3) is 0.0219. The molecule has 0 saturated carbocycles. The van der Waals surface area contributed by atoms with Gasteiger partial charge >= 0.3 is 0 Å². The van der Waals surface area contributed by atoms with Gasteiger partial charge in [-0.05, 0) is 355 Å². The highest BCUT2D eigenvalue weighted by atomic mass is 19.1. The third kappa shape index (κ3) is 19.2. The van der Waals surface area contributed by atoms with Crippen molar-refractivity contribution in [1.29, 1.82) is 0 Å². The Morgan fingerprint density at radius 1 is 0.177 bits per heavy atom. The van der Waals surface area contributed by atoms with Gasteiger partial charge in [-0.15, -0.1) is 0 Å². The van der Waals surface area contributed by atoms with Crippen LogP contribution in [0.1, 0.15) is 23.5 Å². The highest BCUT2D eigenvalue weighted by Crippen LogP contribution is 2.46. The summed E-state index contributed by atoms with van der Waals surface area (Å²) in [5.74, 6) is -0.256. The van der Waals surface area contributed by atoms with Gasteiger partial charge < -0.3 is 14.7 Å². The zero-order valence-electron chi connectivity index (χ0n) is 83.4. The number of aryl methyl sites for hydroxylation is 3. The second-order valence-corrected chi connectivity index (χ2v) is 35.9. The first-order valence-electron chi connectivity index (χ1n) is 50.4. The Labute approximate surface area is 831 Å². The van der Waals surface area contributed by atoms with E-state index < -0.39 is 6.04 Å². The Morgan fingerprint density at radius 3 is 0.723 bits per heavy atom. The molecule has 4 heteroatoms. The number of hydrogen-bond donors (Lipinski definition) is 0. The first-order chi connectivity index (χ1) is 71.6. The average molecular weight is 1810 g/mol. The van der Waals surface area contributed by atoms with E-state index in [2.05, 4.69) is 449 Å². The molecule has 0 N–H and O–H groups in total. The number of anilines is 9. The van der Waals surface area contributed by atoms with Crippen molar-refractivity contribution in [1.82, 2.24) is 0 Å². The van der Waals surface area contributed by atoms with Crippen molar-refractivity contribution < 1.29 is 11.2 Å². The number of halogens is 1. The molecule has 0 bridgehead atoms. The van der Waals surface area contributed by atoms with Crippen LogP contribution in [0.15, 0.2) is 552 Å². The van der Waals surface area contributed by atoms with Crippen molar-refractivity contribution in [2.75, 3.05) is 14.7 Å². The fourth-order valence-corrected chi connectivity index (χ4v) is 19.7. The van der Waals surface area contributed by atoms with E-state index in [1.807, 2.05) is 91.0 Å². The van der Waals surface area contributed by atoms with Crippen LogP contribution in [0.5, 0.6) is 0 Å². The minimum absolute atomic E-state index is 0.106. The average Bonchev–Trinajstić information content (AvgIpc) is 0.760. The molecule has 0 aliphatic carbocycles. The molecule has 24 aromatic carbocycles. The molecular weight excluding hydrogens is 1710 g/mol. The van der Waals surface area contributed by atoms with Crippen LogP contribution in [0.2, 0.25) is 0 Å². The quantitative estimate of drug-likeness (QED) is 0.0799. The van der Waals surface area contributed by atoms with Crippen LogP contribution in [-0.2, 0) is 0 Å². The van der Waals surface area contributed by atoms with E-state index in [0.29, 0.717) is 11.4 Å². The zero-order chi connectivity index (χ0) is 99.3. The predicted molar refractivity (Wildman–Crippen MR) is 599 cm³/mol. The summed E-state index contributed by atoms with van der Waals surface area (Å²) >= 11 is 0. The fourth-order valence-electron chi connectivity index (χ4n) is 19.7. The Bertz CT molecular complexity index is 8670. The summed E-state index contributed by atoms with van der Waals surface area (Å²) < 4.78 is 56.7. The molecule has 0 aliphatic heterocycles. The van der Waals surface area contributed by atoms with Crippen LogP contribution in [-0.4, -0.2) is 0 Å². The van der Waals surface area contributed by atoms with Crippen LogP contribution in [0, 0.1) is 26.6 Å². The Kier molecular flexibility index (Phi) is 23.4. The molecular formula is C137H100FN3. The normalized spacial score (nSPS) is 11.6. The van der Waals surface area contributed by atoms with Crippen molar-refractivity contribution in [2.24, 2.45) is 0 Å². The Morgan fingerprint density at radius 2 is 0.411 bits per heavy atom. The molecule has 0 fully saturated rings. The second kappa shape index (κ2) is 40.1. The molecule has 24 aromatic rings. The summed E-state index contributed by atoms with van der Waals surface area (Å²) in [6.07, 6.45) is 0. The molecule has 24 rings (SSSR count). The molecule has 0 atom stereocenters. The minimum Gasteiger partial charge on any atom is -0.311 e. The maximum atomic E-state index is 14.1. The van der Waals surface area contributed by atoms with Crippen LogP contribution in [0.4, 0.5) is 55.6 Å². The molecule has 670 valence electrons.